The molecule has 0 amide bonds. The van der Waals surface area contributed by atoms with Crippen molar-refractivity contribution >= 4 is 45.0 Å². The number of aromatic nitrogens is 3. The van der Waals surface area contributed by atoms with Crippen molar-refractivity contribution in [1.29, 1.82) is 0 Å². The molecule has 0 aliphatic carbocycles. The molecular formula is C18H13BrClN5O4. The number of hydrogen-bond acceptors (Lipinski definition) is 7. The van der Waals surface area contributed by atoms with Gasteiger partial charge in [0.25, 0.3) is 0 Å². The number of nitro groups is 1. The van der Waals surface area contributed by atoms with E-state index < -0.39 is 10.9 Å². The number of nitrogens with zero attached hydrogens (tertiary/aromatic N) is 5. The zero-order valence-electron chi connectivity index (χ0n) is 15.0. The largest absolute Gasteiger partial charge is 0.381 e. The van der Waals surface area contributed by atoms with Gasteiger partial charge in [0.1, 0.15) is 17.1 Å². The van der Waals surface area contributed by atoms with Gasteiger partial charge in [-0.05, 0) is 34.2 Å². The Hall–Kier alpha value is -3.11. The molecule has 0 saturated carbocycles. The van der Waals surface area contributed by atoms with E-state index in [1.165, 1.54) is 24.5 Å². The maximum absolute atomic E-state index is 12.2. The van der Waals surface area contributed by atoms with E-state index in [0.29, 0.717) is 17.1 Å². The van der Waals surface area contributed by atoms with E-state index in [4.69, 9.17) is 16.4 Å². The van der Waals surface area contributed by atoms with Crippen LogP contribution in [0.15, 0.2) is 58.4 Å². The summed E-state index contributed by atoms with van der Waals surface area (Å²) in [5, 5.41) is 15.2. The van der Waals surface area contributed by atoms with Gasteiger partial charge in [-0.3, -0.25) is 0 Å². The van der Waals surface area contributed by atoms with Crippen LogP contribution in [0.2, 0.25) is 5.15 Å². The minimum absolute atomic E-state index is 0.112. The molecule has 2 heterocycles. The monoisotopic (exact) mass is 477 g/mol. The predicted molar refractivity (Wildman–Crippen MR) is 109 cm³/mol. The van der Waals surface area contributed by atoms with Crippen LogP contribution in [0.1, 0.15) is 21.7 Å². The summed E-state index contributed by atoms with van der Waals surface area (Å²) in [6, 6.07) is 10.1. The highest BCUT2D eigenvalue weighted by molar-refractivity contribution is 9.10. The van der Waals surface area contributed by atoms with Crippen molar-refractivity contribution in [2.24, 2.45) is 5.16 Å². The molecule has 0 spiro atoms. The van der Waals surface area contributed by atoms with Crippen LogP contribution in [0.5, 0.6) is 0 Å². The van der Waals surface area contributed by atoms with Crippen molar-refractivity contribution < 1.29 is 14.6 Å². The van der Waals surface area contributed by atoms with Crippen molar-refractivity contribution in [2.45, 2.75) is 13.5 Å². The Morgan fingerprint density at radius 3 is 2.55 bits per heavy atom. The fourth-order valence-electron chi connectivity index (χ4n) is 2.36. The van der Waals surface area contributed by atoms with Crippen LogP contribution >= 0.6 is 27.5 Å². The number of rotatable bonds is 6. The van der Waals surface area contributed by atoms with Gasteiger partial charge in [-0.15, -0.1) is 0 Å². The van der Waals surface area contributed by atoms with Gasteiger partial charge in [0.2, 0.25) is 5.82 Å². The fraction of sp³-hybridized carbons (Fsp3) is 0.111. The Bertz CT molecular complexity index is 1080. The second-order valence-corrected chi connectivity index (χ2v) is 7.13. The smallest absolute Gasteiger partial charge is 0.358 e. The third kappa shape index (κ3) is 5.24. The highest BCUT2D eigenvalue weighted by Gasteiger charge is 2.18. The first kappa shape index (κ1) is 20.6. The Kier molecular flexibility index (Phi) is 6.35. The van der Waals surface area contributed by atoms with Gasteiger partial charge in [0, 0.05) is 23.2 Å². The molecule has 0 aliphatic rings. The maximum Gasteiger partial charge on any atom is 0.381 e. The van der Waals surface area contributed by atoms with Crippen LogP contribution in [0.3, 0.4) is 0 Å². The number of pyridine rings is 1. The van der Waals surface area contributed by atoms with Crippen molar-refractivity contribution in [3.05, 3.63) is 85.5 Å². The third-order valence-electron chi connectivity index (χ3n) is 3.85. The van der Waals surface area contributed by atoms with Crippen molar-refractivity contribution in [1.82, 2.24) is 14.5 Å². The summed E-state index contributed by atoms with van der Waals surface area (Å²) in [5.74, 6) is -0.561. The number of carbonyl (C=O) groups is 1. The average molecular weight is 479 g/mol. The molecule has 29 heavy (non-hydrogen) atoms. The predicted octanol–water partition coefficient (Wildman–Crippen LogP) is 4.17. The number of benzene rings is 1. The van der Waals surface area contributed by atoms with E-state index in [-0.39, 0.29) is 23.1 Å². The molecule has 0 saturated heterocycles. The highest BCUT2D eigenvalue weighted by atomic mass is 79.9. The van der Waals surface area contributed by atoms with Gasteiger partial charge in [-0.2, -0.15) is 0 Å². The normalized spacial score (nSPS) is 11.3. The zero-order valence-corrected chi connectivity index (χ0v) is 17.3. The van der Waals surface area contributed by atoms with Gasteiger partial charge in [0.05, 0.1) is 12.1 Å². The van der Waals surface area contributed by atoms with E-state index >= 15 is 0 Å². The lowest BCUT2D eigenvalue weighted by Crippen LogP contribution is -2.14. The quantitative estimate of drug-likeness (QED) is 0.173. The summed E-state index contributed by atoms with van der Waals surface area (Å²) < 4.78 is 2.41. The van der Waals surface area contributed by atoms with E-state index in [9.17, 15) is 14.9 Å². The molecule has 0 fully saturated rings. The fourth-order valence-corrected chi connectivity index (χ4v) is 2.74. The maximum atomic E-state index is 12.2. The molecule has 2 aromatic heterocycles. The first-order chi connectivity index (χ1) is 13.8. The number of oxime groups is 1. The lowest BCUT2D eigenvalue weighted by molar-refractivity contribution is -0.389. The molecule has 0 N–H and O–H groups in total. The SMILES string of the molecule is Cc1nc([N+](=O)[O-])cn1C/C(=N/OC(=O)c1ccc(Cl)nc1)c1ccc(Br)cc1. The average Bonchev–Trinajstić information content (AvgIpc) is 3.07. The van der Waals surface area contributed by atoms with Crippen molar-refractivity contribution in [3.63, 3.8) is 0 Å². The van der Waals surface area contributed by atoms with E-state index in [1.807, 2.05) is 0 Å². The molecule has 9 nitrogen and oxygen atoms in total. The number of halogens is 2. The summed E-state index contributed by atoms with van der Waals surface area (Å²) in [5.41, 5.74) is 1.23. The van der Waals surface area contributed by atoms with Gasteiger partial charge in [0.15, 0.2) is 0 Å². The molecule has 3 rings (SSSR count). The van der Waals surface area contributed by atoms with Crippen LogP contribution in [0, 0.1) is 17.0 Å². The molecule has 0 aliphatic heterocycles. The van der Waals surface area contributed by atoms with Crippen molar-refractivity contribution in [2.75, 3.05) is 0 Å². The summed E-state index contributed by atoms with van der Waals surface area (Å²) >= 11 is 9.07. The first-order valence-electron chi connectivity index (χ1n) is 8.17. The van der Waals surface area contributed by atoms with Crippen LogP contribution < -0.4 is 0 Å². The second kappa shape index (κ2) is 8.93. The third-order valence-corrected chi connectivity index (χ3v) is 4.60. The Labute approximate surface area is 178 Å². The summed E-state index contributed by atoms with van der Waals surface area (Å²) in [4.78, 5) is 35.4. The van der Waals surface area contributed by atoms with Gasteiger partial charge in [-0.1, -0.05) is 44.8 Å². The summed E-state index contributed by atoms with van der Waals surface area (Å²) in [7, 11) is 0. The lowest BCUT2D eigenvalue weighted by atomic mass is 10.1. The molecule has 0 unspecified atom stereocenters. The summed E-state index contributed by atoms with van der Waals surface area (Å²) in [6.07, 6.45) is 2.58. The van der Waals surface area contributed by atoms with Crippen LogP contribution in [-0.2, 0) is 11.4 Å². The van der Waals surface area contributed by atoms with Crippen LogP contribution in [0.25, 0.3) is 0 Å². The van der Waals surface area contributed by atoms with Gasteiger partial charge in [-0.25, -0.2) is 9.78 Å². The van der Waals surface area contributed by atoms with Gasteiger partial charge >= 0.3 is 11.8 Å². The standard InChI is InChI=1S/C18H13BrClN5O4/c1-11-22-17(25(27)28)10-24(11)9-15(12-2-5-14(19)6-3-12)23-29-18(26)13-4-7-16(20)21-8-13/h2-8,10H,9H2,1H3/b23-15-. The molecule has 11 heteroatoms. The highest BCUT2D eigenvalue weighted by Crippen LogP contribution is 2.16. The number of carbonyl (C=O) groups excluding carboxylic acids is 1. The number of hydrogen-bond donors (Lipinski definition) is 0. The topological polar surface area (TPSA) is 113 Å². The molecule has 3 aromatic rings. The van der Waals surface area contributed by atoms with Gasteiger partial charge < -0.3 is 19.5 Å². The van der Waals surface area contributed by atoms with Crippen LogP contribution in [-0.4, -0.2) is 31.1 Å². The van der Waals surface area contributed by atoms with Crippen molar-refractivity contribution in [3.8, 4) is 0 Å². The van der Waals surface area contributed by atoms with Crippen LogP contribution in [0.4, 0.5) is 5.82 Å². The molecule has 0 bridgehead atoms. The molecule has 148 valence electrons. The van der Waals surface area contributed by atoms with E-state index in [1.54, 1.807) is 35.8 Å². The number of aryl methyl sites for hydroxylation is 1. The molecular weight excluding hydrogens is 466 g/mol. The minimum Gasteiger partial charge on any atom is -0.358 e. The first-order valence-corrected chi connectivity index (χ1v) is 9.34. The molecule has 0 atom stereocenters. The Balaban J connectivity index is 1.89. The summed E-state index contributed by atoms with van der Waals surface area (Å²) in [6.45, 7) is 1.75. The Morgan fingerprint density at radius 2 is 1.97 bits per heavy atom. The van der Waals surface area contributed by atoms with E-state index in [2.05, 4.69) is 31.1 Å². The molecule has 0 radical (unpaired) electrons. The minimum atomic E-state index is -0.711. The Morgan fingerprint density at radius 1 is 1.28 bits per heavy atom. The number of imidazole rings is 1. The van der Waals surface area contributed by atoms with E-state index in [0.717, 1.165) is 4.47 Å². The lowest BCUT2D eigenvalue weighted by Gasteiger charge is -2.08. The molecule has 1 aromatic carbocycles. The second-order valence-electron chi connectivity index (χ2n) is 5.82. The zero-order chi connectivity index (χ0) is 21.0.